The van der Waals surface area contributed by atoms with Crippen molar-refractivity contribution >= 4 is 23.5 Å². The number of hydrogen-bond acceptors (Lipinski definition) is 5. The average molecular weight is 390 g/mol. The number of aliphatic carboxylic acids is 1. The number of hydrogen-bond donors (Lipinski definition) is 2. The lowest BCUT2D eigenvalue weighted by Crippen LogP contribution is -2.41. The Morgan fingerprint density at radius 3 is 2.18 bits per heavy atom. The molecule has 28 heavy (non-hydrogen) atoms. The van der Waals surface area contributed by atoms with Crippen molar-refractivity contribution in [1.82, 2.24) is 4.90 Å². The number of ether oxygens (including phenoxy) is 2. The third-order valence-electron chi connectivity index (χ3n) is 5.68. The fourth-order valence-electron chi connectivity index (χ4n) is 3.82. The third kappa shape index (κ3) is 3.76. The zero-order valence-corrected chi connectivity index (χ0v) is 16.2. The first-order valence-corrected chi connectivity index (χ1v) is 9.49. The standard InChI is InChI=1S/C20H26N2O6/c1-27-15-10-13(18(24)22-8-3-4-9-22)14(11-16(15)28-2)21-17(23)12-20(19(25)26)6-5-7-20/h10-11H,3-9,12H2,1-2H3,(H,21,23)(H,25,26). The number of methoxy groups -OCH3 is 2. The largest absolute Gasteiger partial charge is 0.493 e. The van der Waals surface area contributed by atoms with Crippen LogP contribution in [0.5, 0.6) is 11.5 Å². The highest BCUT2D eigenvalue weighted by atomic mass is 16.5. The maximum absolute atomic E-state index is 13.0. The number of nitrogens with one attached hydrogen (secondary N) is 1. The van der Waals surface area contributed by atoms with Gasteiger partial charge in [-0.25, -0.2) is 0 Å². The molecule has 3 rings (SSSR count). The van der Waals surface area contributed by atoms with Crippen LogP contribution in [-0.4, -0.2) is 55.1 Å². The van der Waals surface area contributed by atoms with Crippen molar-refractivity contribution in [2.24, 2.45) is 5.41 Å². The number of nitrogens with zero attached hydrogens (tertiary/aromatic N) is 1. The van der Waals surface area contributed by atoms with Crippen LogP contribution in [0.2, 0.25) is 0 Å². The molecule has 0 bridgehead atoms. The van der Waals surface area contributed by atoms with Crippen LogP contribution < -0.4 is 14.8 Å². The van der Waals surface area contributed by atoms with Crippen LogP contribution in [0.1, 0.15) is 48.9 Å². The first-order chi connectivity index (χ1) is 13.4. The Balaban J connectivity index is 1.88. The minimum absolute atomic E-state index is 0.117. The lowest BCUT2D eigenvalue weighted by atomic mass is 9.66. The molecule has 0 atom stereocenters. The second-order valence-corrected chi connectivity index (χ2v) is 7.42. The third-order valence-corrected chi connectivity index (χ3v) is 5.68. The van der Waals surface area contributed by atoms with Gasteiger partial charge in [0.2, 0.25) is 5.91 Å². The molecule has 8 nitrogen and oxygen atoms in total. The van der Waals surface area contributed by atoms with E-state index in [2.05, 4.69) is 5.32 Å². The topological polar surface area (TPSA) is 105 Å². The first kappa shape index (κ1) is 20.0. The molecule has 1 heterocycles. The van der Waals surface area contributed by atoms with E-state index in [4.69, 9.17) is 9.47 Å². The van der Waals surface area contributed by atoms with Gasteiger partial charge in [-0.05, 0) is 31.7 Å². The van der Waals surface area contributed by atoms with Crippen molar-refractivity contribution < 1.29 is 29.0 Å². The van der Waals surface area contributed by atoms with E-state index in [9.17, 15) is 19.5 Å². The van der Waals surface area contributed by atoms with Crippen LogP contribution in [0.25, 0.3) is 0 Å². The minimum atomic E-state index is -1.00. The highest BCUT2D eigenvalue weighted by molar-refractivity contribution is 6.05. The Bertz CT molecular complexity index is 781. The Kier molecular flexibility index (Phi) is 5.76. The van der Waals surface area contributed by atoms with Gasteiger partial charge in [0, 0.05) is 25.6 Å². The van der Waals surface area contributed by atoms with Gasteiger partial charge in [-0.2, -0.15) is 0 Å². The molecule has 2 aliphatic rings. The van der Waals surface area contributed by atoms with E-state index < -0.39 is 17.3 Å². The molecule has 0 unspecified atom stereocenters. The summed E-state index contributed by atoms with van der Waals surface area (Å²) >= 11 is 0. The van der Waals surface area contributed by atoms with Crippen LogP contribution in [0.4, 0.5) is 5.69 Å². The maximum Gasteiger partial charge on any atom is 0.310 e. The molecular formula is C20H26N2O6. The zero-order valence-electron chi connectivity index (χ0n) is 16.2. The van der Waals surface area contributed by atoms with E-state index in [1.54, 1.807) is 17.0 Å². The number of carbonyl (C=O) groups excluding carboxylic acids is 2. The van der Waals surface area contributed by atoms with Crippen molar-refractivity contribution in [3.63, 3.8) is 0 Å². The van der Waals surface area contributed by atoms with Gasteiger partial charge in [0.1, 0.15) is 0 Å². The molecule has 0 spiro atoms. The summed E-state index contributed by atoms with van der Waals surface area (Å²) in [6, 6.07) is 3.11. The van der Waals surface area contributed by atoms with Crippen LogP contribution >= 0.6 is 0 Å². The molecule has 1 aromatic carbocycles. The van der Waals surface area contributed by atoms with Crippen LogP contribution in [-0.2, 0) is 9.59 Å². The number of rotatable bonds is 7. The van der Waals surface area contributed by atoms with E-state index in [0.717, 1.165) is 19.3 Å². The molecule has 1 aromatic rings. The summed E-state index contributed by atoms with van der Waals surface area (Å²) in [4.78, 5) is 38.9. The normalized spacial score (nSPS) is 17.6. The molecule has 2 N–H and O–H groups in total. The number of carboxylic acids is 1. The smallest absolute Gasteiger partial charge is 0.310 e. The van der Waals surface area contributed by atoms with Gasteiger partial charge in [0.15, 0.2) is 11.5 Å². The Labute approximate surface area is 163 Å². The predicted molar refractivity (Wildman–Crippen MR) is 102 cm³/mol. The summed E-state index contributed by atoms with van der Waals surface area (Å²) in [5.41, 5.74) is -0.384. The molecular weight excluding hydrogens is 364 g/mol. The lowest BCUT2D eigenvalue weighted by Gasteiger charge is -2.37. The lowest BCUT2D eigenvalue weighted by molar-refractivity contribution is -0.157. The second kappa shape index (κ2) is 8.08. The minimum Gasteiger partial charge on any atom is -0.493 e. The van der Waals surface area contributed by atoms with E-state index in [-0.39, 0.29) is 12.3 Å². The summed E-state index contributed by atoms with van der Waals surface area (Å²) in [5, 5.41) is 12.2. The molecule has 0 radical (unpaired) electrons. The highest BCUT2D eigenvalue weighted by Crippen LogP contribution is 2.44. The SMILES string of the molecule is COc1cc(NC(=O)CC2(C(=O)O)CCC2)c(C(=O)N2CCCC2)cc1OC. The van der Waals surface area contributed by atoms with Gasteiger partial charge >= 0.3 is 5.97 Å². The quantitative estimate of drug-likeness (QED) is 0.741. The van der Waals surface area contributed by atoms with Crippen molar-refractivity contribution in [3.8, 4) is 11.5 Å². The van der Waals surface area contributed by atoms with E-state index >= 15 is 0 Å². The molecule has 2 fully saturated rings. The van der Waals surface area contributed by atoms with Gasteiger partial charge < -0.3 is 24.8 Å². The molecule has 1 saturated carbocycles. The number of anilines is 1. The van der Waals surface area contributed by atoms with Crippen molar-refractivity contribution in [3.05, 3.63) is 17.7 Å². The average Bonchev–Trinajstić information content (AvgIpc) is 3.18. The zero-order chi connectivity index (χ0) is 20.3. The number of carboxylic acid groups (broad SMARTS) is 1. The predicted octanol–water partition coefficient (Wildman–Crippen LogP) is 2.52. The molecule has 1 saturated heterocycles. The summed E-state index contributed by atoms with van der Waals surface area (Å²) in [6.07, 6.45) is 3.55. The van der Waals surface area contributed by atoms with Gasteiger partial charge in [-0.15, -0.1) is 0 Å². The van der Waals surface area contributed by atoms with Crippen molar-refractivity contribution in [1.29, 1.82) is 0 Å². The molecule has 2 amide bonds. The van der Waals surface area contributed by atoms with Crippen LogP contribution in [0.3, 0.4) is 0 Å². The number of benzene rings is 1. The Hall–Kier alpha value is -2.77. The summed E-state index contributed by atoms with van der Waals surface area (Å²) in [5.74, 6) is -0.791. The van der Waals surface area contributed by atoms with Crippen LogP contribution in [0.15, 0.2) is 12.1 Å². The fourth-order valence-corrected chi connectivity index (χ4v) is 3.82. The summed E-state index contributed by atoms with van der Waals surface area (Å²) in [6.45, 7) is 1.34. The van der Waals surface area contributed by atoms with Gasteiger partial charge in [0.05, 0.1) is 30.9 Å². The molecule has 1 aliphatic heterocycles. The number of carbonyl (C=O) groups is 3. The first-order valence-electron chi connectivity index (χ1n) is 9.49. The molecule has 8 heteroatoms. The number of likely N-dealkylation sites (tertiary alicyclic amines) is 1. The highest BCUT2D eigenvalue weighted by Gasteiger charge is 2.46. The number of amides is 2. The Morgan fingerprint density at radius 1 is 1.07 bits per heavy atom. The summed E-state index contributed by atoms with van der Waals surface area (Å²) < 4.78 is 10.6. The Morgan fingerprint density at radius 2 is 1.68 bits per heavy atom. The van der Waals surface area contributed by atoms with Crippen molar-refractivity contribution in [2.45, 2.75) is 38.5 Å². The second-order valence-electron chi connectivity index (χ2n) is 7.42. The molecule has 1 aliphatic carbocycles. The van der Waals surface area contributed by atoms with Gasteiger partial charge in [-0.1, -0.05) is 6.42 Å². The van der Waals surface area contributed by atoms with E-state index in [1.807, 2.05) is 0 Å². The van der Waals surface area contributed by atoms with E-state index in [0.29, 0.717) is 48.7 Å². The van der Waals surface area contributed by atoms with Gasteiger partial charge in [0.25, 0.3) is 5.91 Å². The maximum atomic E-state index is 13.0. The molecule has 0 aromatic heterocycles. The summed E-state index contributed by atoms with van der Waals surface area (Å²) in [7, 11) is 2.95. The fraction of sp³-hybridized carbons (Fsp3) is 0.550. The van der Waals surface area contributed by atoms with Crippen molar-refractivity contribution in [2.75, 3.05) is 32.6 Å². The van der Waals surface area contributed by atoms with E-state index in [1.165, 1.54) is 14.2 Å². The van der Waals surface area contributed by atoms with Gasteiger partial charge in [-0.3, -0.25) is 14.4 Å². The molecule has 152 valence electrons. The monoisotopic (exact) mass is 390 g/mol. The van der Waals surface area contributed by atoms with Crippen LogP contribution in [0, 0.1) is 5.41 Å².